The molecule has 0 spiro atoms. The number of rotatable bonds is 25. The van der Waals surface area contributed by atoms with Crippen LogP contribution in [0.2, 0.25) is 0 Å². The van der Waals surface area contributed by atoms with Crippen LogP contribution in [-0.4, -0.2) is 140 Å². The molecule has 0 aromatic heterocycles. The second-order valence-electron chi connectivity index (χ2n) is 10.4. The van der Waals surface area contributed by atoms with E-state index in [4.69, 9.17) is 26.8 Å². The number of nitrogens with two attached hydrogens (primary N) is 2. The summed E-state index contributed by atoms with van der Waals surface area (Å²) in [5.74, 6) is -12.1. The van der Waals surface area contributed by atoms with E-state index in [1.54, 1.807) is 0 Å². The summed E-state index contributed by atoms with van der Waals surface area (Å²) in [7, 11) is 0. The first-order chi connectivity index (χ1) is 22.5. The molecule has 0 aliphatic heterocycles. The maximum Gasteiger partial charge on any atom is 0.328 e. The highest BCUT2D eigenvalue weighted by atomic mass is 16.4. The molecule has 22 heteroatoms. The van der Waals surface area contributed by atoms with Crippen LogP contribution in [0.15, 0.2) is 0 Å². The topological polar surface area (TPSA) is 387 Å². The quantitative estimate of drug-likeness (QED) is 0.0396. The maximum atomic E-state index is 13.1. The second-order valence-corrected chi connectivity index (χ2v) is 10.4. The molecule has 0 aliphatic carbocycles. The SMILES string of the molecule is NCCCCC(N)C(=O)NC(CO)C(=O)NC(CC(=O)O)C(=O)NC(CCC(=O)O)C(=O)NC(CCC(=O)O)C(=O)NC(CO)C(=O)O. The number of carbonyl (C=O) groups is 9. The van der Waals surface area contributed by atoms with Gasteiger partial charge in [0.05, 0.1) is 25.7 Å². The number of aliphatic hydroxyl groups excluding tert-OH is 2. The zero-order chi connectivity index (χ0) is 37.0. The van der Waals surface area contributed by atoms with Crippen molar-refractivity contribution in [3.05, 3.63) is 0 Å². The zero-order valence-corrected chi connectivity index (χ0v) is 25.8. The Morgan fingerprint density at radius 1 is 0.500 bits per heavy atom. The van der Waals surface area contributed by atoms with E-state index in [0.717, 1.165) is 0 Å². The average Bonchev–Trinajstić information content (AvgIpc) is 3.00. The Morgan fingerprint density at radius 3 is 1.29 bits per heavy atom. The maximum absolute atomic E-state index is 13.1. The number of aliphatic carboxylic acids is 4. The second kappa shape index (κ2) is 22.6. The Bertz CT molecular complexity index is 1170. The minimum Gasteiger partial charge on any atom is -0.481 e. The monoisotopic (exact) mass is 693 g/mol. The fourth-order valence-electron chi connectivity index (χ4n) is 3.84. The first-order valence-electron chi connectivity index (χ1n) is 14.5. The molecule has 0 rings (SSSR count). The number of carboxylic acids is 4. The van der Waals surface area contributed by atoms with Crippen LogP contribution in [0.5, 0.6) is 0 Å². The van der Waals surface area contributed by atoms with Gasteiger partial charge in [-0.3, -0.25) is 38.4 Å². The molecule has 15 N–H and O–H groups in total. The number of hydrogen-bond acceptors (Lipinski definition) is 13. The Morgan fingerprint density at radius 2 is 0.896 bits per heavy atom. The van der Waals surface area contributed by atoms with Crippen molar-refractivity contribution in [2.24, 2.45) is 11.5 Å². The third kappa shape index (κ3) is 17.1. The van der Waals surface area contributed by atoms with Crippen LogP contribution in [0.3, 0.4) is 0 Å². The number of amides is 5. The van der Waals surface area contributed by atoms with Crippen molar-refractivity contribution in [2.45, 2.75) is 87.6 Å². The lowest BCUT2D eigenvalue weighted by molar-refractivity contribution is -0.144. The number of unbranched alkanes of at least 4 members (excludes halogenated alkanes) is 1. The zero-order valence-electron chi connectivity index (χ0n) is 25.8. The van der Waals surface area contributed by atoms with Gasteiger partial charge in [0.25, 0.3) is 0 Å². The van der Waals surface area contributed by atoms with Crippen LogP contribution in [0, 0.1) is 0 Å². The third-order valence-electron chi connectivity index (χ3n) is 6.49. The highest BCUT2D eigenvalue weighted by Gasteiger charge is 2.34. The standard InChI is InChI=1S/C26H43N7O15/c27-8-2-1-3-12(28)21(42)32-16(10-34)25(46)31-15(9-20(40)41)24(45)30-13(4-6-18(36)37)22(43)29-14(5-7-19(38)39)23(44)33-17(11-35)26(47)48/h12-17,34-35H,1-11,27-28H2,(H,29,43)(H,30,45)(H,31,46)(H,32,42)(H,33,44)(H,36,37)(H,38,39)(H,40,41)(H,47,48). The summed E-state index contributed by atoms with van der Waals surface area (Å²) in [6.07, 6.45) is -2.65. The van der Waals surface area contributed by atoms with Crippen molar-refractivity contribution < 1.29 is 73.8 Å². The third-order valence-corrected chi connectivity index (χ3v) is 6.49. The number of carboxylic acid groups (broad SMARTS) is 4. The molecular formula is C26H43N7O15. The average molecular weight is 694 g/mol. The van der Waals surface area contributed by atoms with Crippen LogP contribution in [-0.2, 0) is 43.2 Å². The molecule has 5 amide bonds. The van der Waals surface area contributed by atoms with E-state index in [2.05, 4.69) is 16.0 Å². The Balaban J connectivity index is 6.01. The summed E-state index contributed by atoms with van der Waals surface area (Å²) < 4.78 is 0. The van der Waals surface area contributed by atoms with Crippen molar-refractivity contribution in [3.63, 3.8) is 0 Å². The normalized spacial score (nSPS) is 14.5. The van der Waals surface area contributed by atoms with Crippen LogP contribution in [0.4, 0.5) is 0 Å². The van der Waals surface area contributed by atoms with Crippen molar-refractivity contribution in [2.75, 3.05) is 19.8 Å². The van der Waals surface area contributed by atoms with Crippen molar-refractivity contribution >= 4 is 53.4 Å². The van der Waals surface area contributed by atoms with Gasteiger partial charge in [-0.2, -0.15) is 0 Å². The highest BCUT2D eigenvalue weighted by Crippen LogP contribution is 2.06. The summed E-state index contributed by atoms with van der Waals surface area (Å²) in [6.45, 7) is -1.73. The fraction of sp³-hybridized carbons (Fsp3) is 0.654. The molecule has 0 heterocycles. The minimum absolute atomic E-state index is 0.188. The molecule has 0 aromatic carbocycles. The van der Waals surface area contributed by atoms with Gasteiger partial charge < -0.3 is 68.7 Å². The van der Waals surface area contributed by atoms with Crippen LogP contribution >= 0.6 is 0 Å². The Hall–Kier alpha value is -4.93. The Labute approximate surface area is 273 Å². The minimum atomic E-state index is -1.97. The fourth-order valence-corrected chi connectivity index (χ4v) is 3.84. The van der Waals surface area contributed by atoms with E-state index in [0.29, 0.717) is 19.4 Å². The largest absolute Gasteiger partial charge is 0.481 e. The molecule has 0 aliphatic rings. The Kier molecular flexibility index (Phi) is 20.3. The van der Waals surface area contributed by atoms with E-state index in [1.165, 1.54) is 0 Å². The molecule has 0 aromatic rings. The van der Waals surface area contributed by atoms with Crippen LogP contribution < -0.4 is 38.1 Å². The van der Waals surface area contributed by atoms with Gasteiger partial charge in [-0.15, -0.1) is 0 Å². The summed E-state index contributed by atoms with van der Waals surface area (Å²) in [4.78, 5) is 109. The lowest BCUT2D eigenvalue weighted by atomic mass is 10.1. The predicted molar refractivity (Wildman–Crippen MR) is 158 cm³/mol. The molecule has 0 fully saturated rings. The summed E-state index contributed by atoms with van der Waals surface area (Å²) in [5, 5.41) is 65.5. The molecule has 0 saturated heterocycles. The summed E-state index contributed by atoms with van der Waals surface area (Å²) in [6, 6.07) is -10.2. The summed E-state index contributed by atoms with van der Waals surface area (Å²) >= 11 is 0. The van der Waals surface area contributed by atoms with Gasteiger partial charge in [-0.1, -0.05) is 6.42 Å². The predicted octanol–water partition coefficient (Wildman–Crippen LogP) is -5.86. The molecule has 6 atom stereocenters. The first kappa shape index (κ1) is 43.1. The number of hydrogen-bond donors (Lipinski definition) is 13. The van der Waals surface area contributed by atoms with Crippen LogP contribution in [0.1, 0.15) is 51.4 Å². The van der Waals surface area contributed by atoms with E-state index >= 15 is 0 Å². The molecule has 0 bridgehead atoms. The van der Waals surface area contributed by atoms with E-state index in [1.807, 2.05) is 10.6 Å². The number of aliphatic hydroxyl groups is 2. The molecule has 6 unspecified atom stereocenters. The molecule has 22 nitrogen and oxygen atoms in total. The van der Waals surface area contributed by atoms with Gasteiger partial charge in [-0.25, -0.2) is 4.79 Å². The van der Waals surface area contributed by atoms with Gasteiger partial charge in [0.2, 0.25) is 29.5 Å². The van der Waals surface area contributed by atoms with Gasteiger partial charge >= 0.3 is 23.9 Å². The highest BCUT2D eigenvalue weighted by molar-refractivity contribution is 5.97. The van der Waals surface area contributed by atoms with E-state index in [-0.39, 0.29) is 6.42 Å². The van der Waals surface area contributed by atoms with Crippen molar-refractivity contribution in [1.29, 1.82) is 0 Å². The van der Waals surface area contributed by atoms with Crippen molar-refractivity contribution in [1.82, 2.24) is 26.6 Å². The van der Waals surface area contributed by atoms with Gasteiger partial charge in [-0.05, 0) is 32.2 Å². The van der Waals surface area contributed by atoms with Gasteiger partial charge in [0, 0.05) is 12.8 Å². The number of nitrogens with one attached hydrogen (secondary N) is 5. The van der Waals surface area contributed by atoms with Crippen molar-refractivity contribution in [3.8, 4) is 0 Å². The van der Waals surface area contributed by atoms with E-state index < -0.39 is 135 Å². The van der Waals surface area contributed by atoms with E-state index in [9.17, 15) is 58.5 Å². The van der Waals surface area contributed by atoms with Gasteiger partial charge in [0.15, 0.2) is 0 Å². The molecule has 0 radical (unpaired) electrons. The molecule has 272 valence electrons. The number of carbonyl (C=O) groups excluding carboxylic acids is 5. The first-order valence-corrected chi connectivity index (χ1v) is 14.5. The smallest absolute Gasteiger partial charge is 0.328 e. The molecule has 48 heavy (non-hydrogen) atoms. The van der Waals surface area contributed by atoms with Gasteiger partial charge in [0.1, 0.15) is 30.2 Å². The lowest BCUT2D eigenvalue weighted by Crippen LogP contribution is -2.60. The lowest BCUT2D eigenvalue weighted by Gasteiger charge is -2.26. The summed E-state index contributed by atoms with van der Waals surface area (Å²) in [5.41, 5.74) is 11.1. The van der Waals surface area contributed by atoms with Crippen LogP contribution in [0.25, 0.3) is 0 Å². The molecule has 0 saturated carbocycles. The molecular weight excluding hydrogens is 650 g/mol.